The minimum absolute atomic E-state index is 0.984. The molecule has 0 aromatic heterocycles. The molecule has 21 heavy (non-hydrogen) atoms. The van der Waals surface area contributed by atoms with Crippen LogP contribution in [-0.2, 0) is 33.3 Å². The first-order valence-corrected chi connectivity index (χ1v) is 5.94. The van der Waals surface area contributed by atoms with Gasteiger partial charge in [0.1, 0.15) is 0 Å². The zero-order valence-corrected chi connectivity index (χ0v) is 12.9. The number of carboxylic acids is 1. The van der Waals surface area contributed by atoms with Gasteiger partial charge in [0, 0.05) is 35.5 Å². The maximum Gasteiger partial charge on any atom is 0.347 e. The Labute approximate surface area is 122 Å². The van der Waals surface area contributed by atoms with Crippen LogP contribution in [0.1, 0.15) is 0 Å². The molecule has 0 bridgehead atoms. The summed E-state index contributed by atoms with van der Waals surface area (Å²) >= 11 is 0. The minimum atomic E-state index is -2.01. The average molecular weight is 307 g/mol. The maximum absolute atomic E-state index is 11.8. The van der Waals surface area contributed by atoms with E-state index in [1.54, 1.807) is 0 Å². The van der Waals surface area contributed by atoms with Gasteiger partial charge >= 0.3 is 11.9 Å². The van der Waals surface area contributed by atoms with Gasteiger partial charge in [0.2, 0.25) is 0 Å². The molecular formula is C12H21NO8. The van der Waals surface area contributed by atoms with E-state index in [9.17, 15) is 9.90 Å². The van der Waals surface area contributed by atoms with E-state index in [1.165, 1.54) is 54.8 Å². The Bertz CT molecular complexity index is 404. The number of hydrogen-bond donors (Lipinski definition) is 1. The van der Waals surface area contributed by atoms with Gasteiger partial charge < -0.3 is 28.8 Å². The number of carbonyl (C=O) groups is 1. The Morgan fingerprint density at radius 3 is 1.71 bits per heavy atom. The van der Waals surface area contributed by atoms with Gasteiger partial charge in [-0.1, -0.05) is 5.06 Å². The van der Waals surface area contributed by atoms with Crippen molar-refractivity contribution in [1.29, 1.82) is 0 Å². The minimum Gasteiger partial charge on any atom is -0.479 e. The van der Waals surface area contributed by atoms with E-state index in [4.69, 9.17) is 28.5 Å². The van der Waals surface area contributed by atoms with Crippen molar-refractivity contribution >= 4 is 5.97 Å². The number of aliphatic carboxylic acids is 1. The Morgan fingerprint density at radius 2 is 1.43 bits per heavy atom. The van der Waals surface area contributed by atoms with Crippen molar-refractivity contribution in [3.05, 3.63) is 12.2 Å². The standard InChI is InChI=1S/C12H21NO8/c1-16-10(9(14)15)7-8-11(17-2,18-3)13(21-6)12(10,19-4)20-5/h7-8H,1-6H3,(H,14,15). The fourth-order valence-electron chi connectivity index (χ4n) is 2.43. The van der Waals surface area contributed by atoms with Crippen molar-refractivity contribution in [2.45, 2.75) is 17.4 Å². The van der Waals surface area contributed by atoms with Gasteiger partial charge in [0.25, 0.3) is 11.5 Å². The smallest absolute Gasteiger partial charge is 0.347 e. The molecule has 0 spiro atoms. The first kappa shape index (κ1) is 18.0. The topological polar surface area (TPSA) is 95.9 Å². The molecule has 0 amide bonds. The number of nitrogens with zero attached hydrogens (tertiary/aromatic N) is 1. The zero-order chi connectivity index (χ0) is 16.3. The largest absolute Gasteiger partial charge is 0.479 e. The highest BCUT2D eigenvalue weighted by Gasteiger charge is 2.70. The average Bonchev–Trinajstić information content (AvgIpc) is 2.52. The maximum atomic E-state index is 11.8. The molecule has 0 aliphatic carbocycles. The van der Waals surface area contributed by atoms with Crippen LogP contribution in [0.5, 0.6) is 0 Å². The van der Waals surface area contributed by atoms with E-state index < -0.39 is 23.4 Å². The number of methoxy groups -OCH3 is 5. The number of ether oxygens (including phenoxy) is 5. The van der Waals surface area contributed by atoms with E-state index in [-0.39, 0.29) is 0 Å². The van der Waals surface area contributed by atoms with Gasteiger partial charge in [-0.3, -0.25) is 4.84 Å². The molecule has 1 unspecified atom stereocenters. The summed E-state index contributed by atoms with van der Waals surface area (Å²) in [4.78, 5) is 17.0. The van der Waals surface area contributed by atoms with Crippen LogP contribution in [0, 0.1) is 0 Å². The summed E-state index contributed by atoms with van der Waals surface area (Å²) in [5, 5.41) is 10.6. The number of hydroxylamine groups is 2. The van der Waals surface area contributed by atoms with Crippen molar-refractivity contribution in [2.75, 3.05) is 42.7 Å². The van der Waals surface area contributed by atoms with Crippen LogP contribution in [0.2, 0.25) is 0 Å². The molecule has 0 aromatic carbocycles. The second-order valence-corrected chi connectivity index (χ2v) is 4.08. The second-order valence-electron chi connectivity index (χ2n) is 4.08. The summed E-state index contributed by atoms with van der Waals surface area (Å²) in [5.41, 5.74) is -2.01. The van der Waals surface area contributed by atoms with E-state index in [2.05, 4.69) is 0 Å². The van der Waals surface area contributed by atoms with Gasteiger partial charge in [0.05, 0.1) is 7.11 Å². The molecule has 0 fully saturated rings. The molecule has 0 aromatic rings. The summed E-state index contributed by atoms with van der Waals surface area (Å²) in [6.07, 6.45) is 2.56. The summed E-state index contributed by atoms with van der Waals surface area (Å²) in [7, 11) is 7.72. The van der Waals surface area contributed by atoms with Gasteiger partial charge in [0.15, 0.2) is 0 Å². The SMILES string of the molecule is CON1C(OC)(OC)C=CC(OC)(C(=O)O)C1(OC)OC. The van der Waals surface area contributed by atoms with Crippen molar-refractivity contribution in [1.82, 2.24) is 5.06 Å². The molecule has 1 rings (SSSR count). The van der Waals surface area contributed by atoms with Crippen LogP contribution < -0.4 is 0 Å². The Kier molecular flexibility index (Phi) is 5.45. The summed E-state index contributed by atoms with van der Waals surface area (Å²) in [5.74, 6) is -4.89. The fourth-order valence-corrected chi connectivity index (χ4v) is 2.43. The zero-order valence-electron chi connectivity index (χ0n) is 12.9. The normalized spacial score (nSPS) is 27.7. The predicted octanol–water partition coefficient (Wildman–Crippen LogP) is -0.217. The monoisotopic (exact) mass is 307 g/mol. The molecule has 0 radical (unpaired) electrons. The van der Waals surface area contributed by atoms with E-state index in [0.717, 1.165) is 5.06 Å². The highest BCUT2D eigenvalue weighted by molar-refractivity contribution is 5.82. The lowest BCUT2D eigenvalue weighted by molar-refractivity contribution is -0.510. The second kappa shape index (κ2) is 6.36. The molecule has 0 saturated carbocycles. The van der Waals surface area contributed by atoms with E-state index in [0.29, 0.717) is 0 Å². The van der Waals surface area contributed by atoms with Crippen LogP contribution in [-0.4, -0.2) is 76.2 Å². The molecule has 1 N–H and O–H groups in total. The number of rotatable bonds is 7. The van der Waals surface area contributed by atoms with Crippen LogP contribution >= 0.6 is 0 Å². The third kappa shape index (κ3) is 2.18. The molecule has 0 saturated heterocycles. The van der Waals surface area contributed by atoms with Crippen molar-refractivity contribution in [3.8, 4) is 0 Å². The molecule has 1 atom stereocenters. The lowest BCUT2D eigenvalue weighted by Gasteiger charge is -2.54. The predicted molar refractivity (Wildman–Crippen MR) is 68.9 cm³/mol. The Morgan fingerprint density at radius 1 is 0.905 bits per heavy atom. The van der Waals surface area contributed by atoms with Gasteiger partial charge in [-0.25, -0.2) is 4.79 Å². The summed E-state index contributed by atoms with van der Waals surface area (Å²) in [6.45, 7) is 0. The molecule has 122 valence electrons. The molecule has 1 heterocycles. The number of hydrogen-bond acceptors (Lipinski definition) is 8. The van der Waals surface area contributed by atoms with Crippen molar-refractivity contribution in [2.24, 2.45) is 0 Å². The van der Waals surface area contributed by atoms with Crippen LogP contribution in [0.25, 0.3) is 0 Å². The van der Waals surface area contributed by atoms with E-state index in [1.807, 2.05) is 0 Å². The third-order valence-corrected chi connectivity index (χ3v) is 3.51. The first-order valence-electron chi connectivity index (χ1n) is 5.94. The molecule has 1 aliphatic rings. The highest BCUT2D eigenvalue weighted by atomic mass is 16.9. The third-order valence-electron chi connectivity index (χ3n) is 3.51. The Balaban J connectivity index is 3.67. The van der Waals surface area contributed by atoms with Gasteiger partial charge in [-0.15, -0.1) is 0 Å². The Hall–Kier alpha value is -1.07. The van der Waals surface area contributed by atoms with Gasteiger partial charge in [-0.2, -0.15) is 0 Å². The summed E-state index contributed by atoms with van der Waals surface area (Å²) in [6, 6.07) is 0. The lowest BCUT2D eigenvalue weighted by Crippen LogP contribution is -2.76. The quantitative estimate of drug-likeness (QED) is 0.506. The highest BCUT2D eigenvalue weighted by Crippen LogP contribution is 2.44. The van der Waals surface area contributed by atoms with Gasteiger partial charge in [-0.05, 0) is 12.2 Å². The first-order chi connectivity index (χ1) is 9.90. The molecular weight excluding hydrogens is 286 g/mol. The molecule has 9 nitrogen and oxygen atoms in total. The lowest BCUT2D eigenvalue weighted by atomic mass is 9.93. The van der Waals surface area contributed by atoms with Crippen LogP contribution in [0.3, 0.4) is 0 Å². The summed E-state index contributed by atoms with van der Waals surface area (Å²) < 4.78 is 26.4. The van der Waals surface area contributed by atoms with Crippen molar-refractivity contribution in [3.63, 3.8) is 0 Å². The van der Waals surface area contributed by atoms with E-state index >= 15 is 0 Å². The molecule has 1 aliphatic heterocycles. The fraction of sp³-hybridized carbons (Fsp3) is 0.750. The molecule has 9 heteroatoms. The number of carboxylic acid groups (broad SMARTS) is 1. The van der Waals surface area contributed by atoms with Crippen molar-refractivity contribution < 1.29 is 38.4 Å². The van der Waals surface area contributed by atoms with Crippen LogP contribution in [0.15, 0.2) is 12.2 Å². The van der Waals surface area contributed by atoms with Crippen LogP contribution in [0.4, 0.5) is 0 Å².